The molecule has 0 N–H and O–H groups in total. The first kappa shape index (κ1) is 31.6. The molecule has 1 aliphatic carbocycles. The summed E-state index contributed by atoms with van der Waals surface area (Å²) in [7, 11) is -1.30. The van der Waals surface area contributed by atoms with Gasteiger partial charge in [-0.25, -0.2) is 0 Å². The van der Waals surface area contributed by atoms with Crippen molar-refractivity contribution >= 4 is 57.3 Å². The van der Waals surface area contributed by atoms with Crippen molar-refractivity contribution in [3.05, 3.63) is 108 Å². The largest absolute Gasteiger partial charge is 0.432 e. The third kappa shape index (κ3) is 5.56. The molecule has 3 aromatic carbocycles. The molecule has 47 heavy (non-hydrogen) atoms. The summed E-state index contributed by atoms with van der Waals surface area (Å²) in [6.45, 7) is 8.86. The van der Waals surface area contributed by atoms with Crippen molar-refractivity contribution in [2.24, 2.45) is 5.92 Å². The Labute approximate surface area is 288 Å². The van der Waals surface area contributed by atoms with Crippen LogP contribution < -0.4 is 5.19 Å². The molecular weight excluding hydrogens is 778 g/mol. The van der Waals surface area contributed by atoms with Gasteiger partial charge in [-0.1, -0.05) is 87.9 Å². The van der Waals surface area contributed by atoms with Gasteiger partial charge in [-0.3, -0.25) is 9.37 Å². The zero-order chi connectivity index (χ0) is 31.6. The Balaban J connectivity index is 0.000000169. The number of fused-ring (bicyclic) bond motifs is 6. The van der Waals surface area contributed by atoms with E-state index in [1.807, 2.05) is 29.8 Å². The second kappa shape index (κ2) is 12.2. The van der Waals surface area contributed by atoms with E-state index in [1.54, 1.807) is 6.07 Å². The van der Waals surface area contributed by atoms with Gasteiger partial charge in [-0.15, -0.1) is 29.8 Å². The van der Waals surface area contributed by atoms with Crippen molar-refractivity contribution in [2.75, 3.05) is 0 Å². The smallest absolute Gasteiger partial charge is 0.106 e. The molecule has 0 amide bonds. The Morgan fingerprint density at radius 3 is 2.49 bits per heavy atom. The van der Waals surface area contributed by atoms with Crippen molar-refractivity contribution < 1.29 is 24.5 Å². The second-order valence-corrected chi connectivity index (χ2v) is 18.8. The average Bonchev–Trinajstić information content (AvgIpc) is 3.79. The number of rotatable bonds is 4. The van der Waals surface area contributed by atoms with E-state index in [-0.39, 0.29) is 25.9 Å². The average molecular weight is 814 g/mol. The van der Waals surface area contributed by atoms with Crippen molar-refractivity contribution in [2.45, 2.75) is 58.7 Å². The van der Waals surface area contributed by atoms with E-state index in [0.717, 1.165) is 40.7 Å². The van der Waals surface area contributed by atoms with Crippen LogP contribution in [-0.2, 0) is 26.5 Å². The van der Waals surface area contributed by atoms with E-state index >= 15 is 0 Å². The number of imidazole rings is 1. The summed E-state index contributed by atoms with van der Waals surface area (Å²) in [5.74, 6) is 1.44. The standard InChI is InChI=1S/C25H21N4.C14H15FNSi.Ir/c1-15-14-28-24-22-17(10-11-26-24)13-18(12-16-6-2-3-7-16)21-19-8-4-5-9-20(19)29(23(21)22)25(28)27-15;1-17(2,3)13-8-9-14(16-10-13)11-4-6-12(15)7-5-11;/h4-5,8-11,13,16H,2-3,6-7,12H2,1H3;4,6-10H,1-3H3;/q2*-1;. The van der Waals surface area contributed by atoms with E-state index in [1.165, 1.54) is 81.1 Å². The summed E-state index contributed by atoms with van der Waals surface area (Å²) >= 11 is 0. The molecule has 0 saturated heterocycles. The van der Waals surface area contributed by atoms with Crippen molar-refractivity contribution in [3.8, 4) is 11.3 Å². The monoisotopic (exact) mass is 814 g/mol. The minimum atomic E-state index is -1.30. The van der Waals surface area contributed by atoms with Crippen LogP contribution in [0.1, 0.15) is 36.9 Å². The number of para-hydroxylation sites is 1. The zero-order valence-electron chi connectivity index (χ0n) is 27.1. The van der Waals surface area contributed by atoms with Gasteiger partial charge in [0, 0.05) is 65.8 Å². The van der Waals surface area contributed by atoms with Crippen LogP contribution in [0.3, 0.4) is 0 Å². The topological polar surface area (TPSA) is 47.5 Å². The molecule has 1 fully saturated rings. The minimum absolute atomic E-state index is 0. The van der Waals surface area contributed by atoms with Gasteiger partial charge in [0.1, 0.15) is 5.78 Å². The minimum Gasteiger partial charge on any atom is -0.432 e. The maximum Gasteiger partial charge on any atom is 0.106 e. The first-order chi connectivity index (χ1) is 22.3. The van der Waals surface area contributed by atoms with Crippen LogP contribution in [0, 0.1) is 30.9 Å². The summed E-state index contributed by atoms with van der Waals surface area (Å²) in [5.41, 5.74) is 7.48. The van der Waals surface area contributed by atoms with Gasteiger partial charge in [0.15, 0.2) is 0 Å². The molecule has 8 heteroatoms. The number of pyridine rings is 2. The Morgan fingerprint density at radius 2 is 1.77 bits per heavy atom. The van der Waals surface area contributed by atoms with Crippen LogP contribution in [0.15, 0.2) is 79.1 Å². The van der Waals surface area contributed by atoms with Crippen LogP contribution in [0.5, 0.6) is 0 Å². The SMILES string of the molecule is C[Si](C)(C)c1ccc(-c2[c-]cc(F)cc2)nc1.Cc1[c-]n2c3nccc4cc(CC5CCCC5)c5c6ccccc6n(c5c43)c2n1.[Ir]. The van der Waals surface area contributed by atoms with Gasteiger partial charge >= 0.3 is 0 Å². The predicted octanol–water partition coefficient (Wildman–Crippen LogP) is 8.95. The quantitative estimate of drug-likeness (QED) is 0.132. The summed E-state index contributed by atoms with van der Waals surface area (Å²) in [6.07, 6.45) is 13.9. The van der Waals surface area contributed by atoms with Crippen LogP contribution in [0.2, 0.25) is 19.6 Å². The van der Waals surface area contributed by atoms with Gasteiger partial charge in [-0.2, -0.15) is 0 Å². The summed E-state index contributed by atoms with van der Waals surface area (Å²) < 4.78 is 17.1. The van der Waals surface area contributed by atoms with Crippen LogP contribution in [-0.4, -0.2) is 31.8 Å². The molecule has 5 aromatic heterocycles. The van der Waals surface area contributed by atoms with Crippen LogP contribution in [0.4, 0.5) is 4.39 Å². The molecule has 9 rings (SSSR count). The number of hydrogen-bond acceptors (Lipinski definition) is 3. The molecule has 8 aromatic rings. The van der Waals surface area contributed by atoms with E-state index in [2.05, 4.69) is 83.8 Å². The molecule has 0 spiro atoms. The molecule has 5 heterocycles. The number of hydrogen-bond donors (Lipinski definition) is 0. The molecule has 1 aliphatic rings. The van der Waals surface area contributed by atoms with Gasteiger partial charge in [0.2, 0.25) is 0 Å². The number of aryl methyl sites for hydroxylation is 1. The Hall–Kier alpha value is -3.97. The predicted molar refractivity (Wildman–Crippen MR) is 188 cm³/mol. The van der Waals surface area contributed by atoms with E-state index in [9.17, 15) is 4.39 Å². The molecule has 1 saturated carbocycles. The Bertz CT molecular complexity index is 2350. The second-order valence-electron chi connectivity index (χ2n) is 13.7. The fourth-order valence-corrected chi connectivity index (χ4v) is 8.29. The van der Waals surface area contributed by atoms with Gasteiger partial charge in [0.05, 0.1) is 8.07 Å². The van der Waals surface area contributed by atoms with Crippen molar-refractivity contribution in [1.29, 1.82) is 0 Å². The summed E-state index contributed by atoms with van der Waals surface area (Å²) in [4.78, 5) is 14.0. The fraction of sp³-hybridized carbons (Fsp3) is 0.256. The van der Waals surface area contributed by atoms with Gasteiger partial charge < -0.3 is 18.8 Å². The normalized spacial score (nSPS) is 14.0. The summed E-state index contributed by atoms with van der Waals surface area (Å²) in [5, 5.41) is 6.52. The molecule has 0 bridgehead atoms. The van der Waals surface area contributed by atoms with Crippen LogP contribution >= 0.6 is 0 Å². The Kier molecular flexibility index (Phi) is 8.23. The number of aromatic nitrogens is 5. The van der Waals surface area contributed by atoms with E-state index in [0.29, 0.717) is 0 Å². The third-order valence-corrected chi connectivity index (χ3v) is 11.6. The molecular formula is C39H36FIrN5Si-2. The number of benzene rings is 3. The first-order valence-electron chi connectivity index (χ1n) is 16.2. The molecule has 1 radical (unpaired) electrons. The maximum atomic E-state index is 12.8. The van der Waals surface area contributed by atoms with Crippen molar-refractivity contribution in [1.82, 2.24) is 23.8 Å². The number of nitrogens with zero attached hydrogens (tertiary/aromatic N) is 5. The van der Waals surface area contributed by atoms with Crippen molar-refractivity contribution in [3.63, 3.8) is 0 Å². The third-order valence-electron chi connectivity index (χ3n) is 9.54. The fourth-order valence-electron chi connectivity index (χ4n) is 7.25. The zero-order valence-corrected chi connectivity index (χ0v) is 30.5. The van der Waals surface area contributed by atoms with Gasteiger partial charge in [-0.05, 0) is 64.3 Å². The molecule has 0 aliphatic heterocycles. The molecule has 5 nitrogen and oxygen atoms in total. The number of halogens is 1. The molecule has 239 valence electrons. The maximum absolute atomic E-state index is 12.8. The van der Waals surface area contributed by atoms with E-state index in [4.69, 9.17) is 9.97 Å². The van der Waals surface area contributed by atoms with E-state index < -0.39 is 8.07 Å². The Morgan fingerprint density at radius 1 is 0.957 bits per heavy atom. The van der Waals surface area contributed by atoms with Crippen LogP contribution in [0.25, 0.3) is 55.3 Å². The van der Waals surface area contributed by atoms with Gasteiger partial charge in [0.25, 0.3) is 0 Å². The first-order valence-corrected chi connectivity index (χ1v) is 19.7. The summed E-state index contributed by atoms with van der Waals surface area (Å²) in [6, 6.07) is 24.8. The molecule has 0 atom stereocenters. The molecule has 0 unspecified atom stereocenters.